The van der Waals surface area contributed by atoms with Crippen molar-refractivity contribution in [1.82, 2.24) is 8.61 Å². The van der Waals surface area contributed by atoms with Crippen LogP contribution in [0.2, 0.25) is 0 Å². The third-order valence-corrected chi connectivity index (χ3v) is 5.31. The van der Waals surface area contributed by atoms with Crippen molar-refractivity contribution in [3.05, 3.63) is 0 Å². The number of aliphatic hydroxyl groups is 1. The van der Waals surface area contributed by atoms with Gasteiger partial charge in [0.25, 0.3) is 10.2 Å². The molecule has 2 fully saturated rings. The Morgan fingerprint density at radius 2 is 1.80 bits per heavy atom. The van der Waals surface area contributed by atoms with E-state index in [9.17, 15) is 8.42 Å². The summed E-state index contributed by atoms with van der Waals surface area (Å²) in [6, 6.07) is -0.199. The molecule has 0 bridgehead atoms. The Bertz CT molecular complexity index is 311. The topological polar surface area (TPSA) is 60.9 Å². The third-order valence-electron chi connectivity index (χ3n) is 3.22. The van der Waals surface area contributed by atoms with Gasteiger partial charge in [-0.1, -0.05) is 0 Å². The first-order chi connectivity index (χ1) is 7.16. The second-order valence-corrected chi connectivity index (χ2v) is 6.08. The Kier molecular flexibility index (Phi) is 3.30. The van der Waals surface area contributed by atoms with Crippen molar-refractivity contribution in [2.24, 2.45) is 0 Å². The van der Waals surface area contributed by atoms with E-state index in [1.54, 1.807) is 4.31 Å². The Labute approximate surface area is 90.9 Å². The molecule has 1 N–H and O–H groups in total. The molecule has 0 aromatic rings. The first kappa shape index (κ1) is 11.3. The maximum absolute atomic E-state index is 12.1. The summed E-state index contributed by atoms with van der Waals surface area (Å²) >= 11 is 0. The molecule has 0 amide bonds. The van der Waals surface area contributed by atoms with Crippen LogP contribution >= 0.6 is 0 Å². The van der Waals surface area contributed by atoms with Crippen LogP contribution in [0.25, 0.3) is 0 Å². The lowest BCUT2D eigenvalue weighted by atomic mass is 10.2. The van der Waals surface area contributed by atoms with Gasteiger partial charge in [-0.05, 0) is 25.7 Å². The van der Waals surface area contributed by atoms with Crippen molar-refractivity contribution in [3.8, 4) is 0 Å². The molecule has 2 aliphatic heterocycles. The van der Waals surface area contributed by atoms with Crippen molar-refractivity contribution >= 4 is 10.2 Å². The summed E-state index contributed by atoms with van der Waals surface area (Å²) in [5.41, 5.74) is 0. The molecule has 0 spiro atoms. The van der Waals surface area contributed by atoms with Gasteiger partial charge in [-0.2, -0.15) is 17.0 Å². The molecule has 0 aromatic carbocycles. The van der Waals surface area contributed by atoms with Crippen molar-refractivity contribution in [1.29, 1.82) is 0 Å². The van der Waals surface area contributed by atoms with E-state index in [4.69, 9.17) is 5.11 Å². The highest BCUT2D eigenvalue weighted by molar-refractivity contribution is 7.86. The van der Waals surface area contributed by atoms with Crippen LogP contribution in [-0.2, 0) is 10.2 Å². The van der Waals surface area contributed by atoms with E-state index in [2.05, 4.69) is 0 Å². The molecule has 2 heterocycles. The van der Waals surface area contributed by atoms with Crippen LogP contribution in [0.5, 0.6) is 0 Å². The fourth-order valence-corrected chi connectivity index (χ4v) is 4.29. The van der Waals surface area contributed by atoms with E-state index < -0.39 is 10.2 Å². The second kappa shape index (κ2) is 4.37. The van der Waals surface area contributed by atoms with E-state index >= 15 is 0 Å². The first-order valence-electron chi connectivity index (χ1n) is 5.54. The van der Waals surface area contributed by atoms with E-state index in [1.807, 2.05) is 0 Å². The summed E-state index contributed by atoms with van der Waals surface area (Å²) in [6.07, 6.45) is 3.55. The van der Waals surface area contributed by atoms with Gasteiger partial charge in [-0.15, -0.1) is 0 Å². The Morgan fingerprint density at radius 1 is 1.13 bits per heavy atom. The molecule has 1 atom stereocenters. The van der Waals surface area contributed by atoms with Crippen LogP contribution < -0.4 is 0 Å². The van der Waals surface area contributed by atoms with Gasteiger partial charge < -0.3 is 5.11 Å². The van der Waals surface area contributed by atoms with Crippen molar-refractivity contribution in [2.75, 3.05) is 26.2 Å². The van der Waals surface area contributed by atoms with E-state index in [0.29, 0.717) is 19.6 Å². The van der Waals surface area contributed by atoms with Gasteiger partial charge in [-0.25, -0.2) is 0 Å². The van der Waals surface area contributed by atoms with Gasteiger partial charge in [0.1, 0.15) is 0 Å². The molecule has 0 radical (unpaired) electrons. The standard InChI is InChI=1S/C9H18N2O3S/c12-8-9-4-3-7-11(9)15(13,14)10-5-1-2-6-10/h9,12H,1-8H2. The number of aliphatic hydroxyl groups excluding tert-OH is 1. The normalized spacial score (nSPS) is 30.1. The second-order valence-electron chi connectivity index (χ2n) is 4.20. The van der Waals surface area contributed by atoms with E-state index in [0.717, 1.165) is 25.7 Å². The average molecular weight is 234 g/mol. The maximum Gasteiger partial charge on any atom is 0.282 e. The van der Waals surface area contributed by atoms with E-state index in [-0.39, 0.29) is 12.6 Å². The fourth-order valence-electron chi connectivity index (χ4n) is 2.36. The van der Waals surface area contributed by atoms with Crippen LogP contribution in [0, 0.1) is 0 Å². The van der Waals surface area contributed by atoms with Gasteiger partial charge in [0.05, 0.1) is 6.61 Å². The molecule has 0 saturated carbocycles. The fraction of sp³-hybridized carbons (Fsp3) is 1.00. The quantitative estimate of drug-likeness (QED) is 0.734. The first-order valence-corrected chi connectivity index (χ1v) is 6.94. The van der Waals surface area contributed by atoms with Crippen LogP contribution in [0.15, 0.2) is 0 Å². The summed E-state index contributed by atoms with van der Waals surface area (Å²) in [5.74, 6) is 0. The van der Waals surface area contributed by atoms with Crippen LogP contribution in [0.4, 0.5) is 0 Å². The van der Waals surface area contributed by atoms with Crippen LogP contribution in [0.1, 0.15) is 25.7 Å². The zero-order valence-corrected chi connectivity index (χ0v) is 9.62. The van der Waals surface area contributed by atoms with Gasteiger partial charge in [0.2, 0.25) is 0 Å². The molecule has 2 aliphatic rings. The Balaban J connectivity index is 2.13. The minimum absolute atomic E-state index is 0.0624. The molecule has 1 unspecified atom stereocenters. The van der Waals surface area contributed by atoms with Gasteiger partial charge in [0.15, 0.2) is 0 Å². The SMILES string of the molecule is O=S(=O)(N1CCCC1)N1CCCC1CO. The maximum atomic E-state index is 12.1. The number of nitrogens with zero attached hydrogens (tertiary/aromatic N) is 2. The lowest BCUT2D eigenvalue weighted by molar-refractivity contribution is 0.207. The van der Waals surface area contributed by atoms with Gasteiger partial charge in [0, 0.05) is 25.7 Å². The zero-order chi connectivity index (χ0) is 10.9. The largest absolute Gasteiger partial charge is 0.395 e. The summed E-state index contributed by atoms with van der Waals surface area (Å²) < 4.78 is 27.3. The summed E-state index contributed by atoms with van der Waals surface area (Å²) in [7, 11) is -3.29. The molecular formula is C9H18N2O3S. The number of hydrogen-bond donors (Lipinski definition) is 1. The molecule has 0 aliphatic carbocycles. The lowest BCUT2D eigenvalue weighted by Gasteiger charge is -2.27. The molecule has 88 valence electrons. The Hall–Kier alpha value is -0.170. The van der Waals surface area contributed by atoms with Gasteiger partial charge in [-0.3, -0.25) is 0 Å². The molecule has 2 rings (SSSR count). The molecule has 0 aromatic heterocycles. The summed E-state index contributed by atoms with van der Waals surface area (Å²) in [4.78, 5) is 0. The molecule has 6 heteroatoms. The molecule has 15 heavy (non-hydrogen) atoms. The van der Waals surface area contributed by atoms with Gasteiger partial charge >= 0.3 is 0 Å². The number of hydrogen-bond acceptors (Lipinski definition) is 3. The Morgan fingerprint density at radius 3 is 2.40 bits per heavy atom. The minimum Gasteiger partial charge on any atom is -0.395 e. The molecular weight excluding hydrogens is 216 g/mol. The van der Waals surface area contributed by atoms with E-state index in [1.165, 1.54) is 4.31 Å². The van der Waals surface area contributed by atoms with Crippen molar-refractivity contribution in [2.45, 2.75) is 31.7 Å². The molecule has 2 saturated heterocycles. The lowest BCUT2D eigenvalue weighted by Crippen LogP contribution is -2.45. The predicted molar refractivity (Wildman–Crippen MR) is 56.5 cm³/mol. The van der Waals surface area contributed by atoms with Crippen LogP contribution in [-0.4, -0.2) is 54.4 Å². The predicted octanol–water partition coefficient (Wildman–Crippen LogP) is -0.216. The highest BCUT2D eigenvalue weighted by atomic mass is 32.2. The number of rotatable bonds is 3. The monoisotopic (exact) mass is 234 g/mol. The minimum atomic E-state index is -3.29. The average Bonchev–Trinajstić information content (AvgIpc) is 2.89. The highest BCUT2D eigenvalue weighted by Gasteiger charge is 2.38. The summed E-state index contributed by atoms with van der Waals surface area (Å²) in [6.45, 7) is 1.77. The van der Waals surface area contributed by atoms with Crippen LogP contribution in [0.3, 0.4) is 0 Å². The molecule has 5 nitrogen and oxygen atoms in total. The third kappa shape index (κ3) is 2.04. The van der Waals surface area contributed by atoms with Crippen molar-refractivity contribution < 1.29 is 13.5 Å². The zero-order valence-electron chi connectivity index (χ0n) is 8.80. The smallest absolute Gasteiger partial charge is 0.282 e. The van der Waals surface area contributed by atoms with Crippen molar-refractivity contribution in [3.63, 3.8) is 0 Å². The summed E-state index contributed by atoms with van der Waals surface area (Å²) in [5, 5.41) is 9.12. The highest BCUT2D eigenvalue weighted by Crippen LogP contribution is 2.25.